The van der Waals surface area contributed by atoms with Crippen molar-refractivity contribution < 1.29 is 13.2 Å². The Hall–Kier alpha value is -2.05. The molecule has 122 valence electrons. The molecule has 0 saturated carbocycles. The number of nitrogens with one attached hydrogen (secondary N) is 2. The van der Waals surface area contributed by atoms with Crippen LogP contribution in [0.2, 0.25) is 5.02 Å². The molecule has 0 radical (unpaired) electrons. The van der Waals surface area contributed by atoms with E-state index in [4.69, 9.17) is 11.6 Å². The summed E-state index contributed by atoms with van der Waals surface area (Å²) in [4.78, 5) is 12.0. The van der Waals surface area contributed by atoms with E-state index in [2.05, 4.69) is 10.0 Å². The van der Waals surface area contributed by atoms with E-state index in [0.717, 1.165) is 0 Å². The van der Waals surface area contributed by atoms with E-state index < -0.39 is 10.0 Å². The van der Waals surface area contributed by atoms with E-state index in [9.17, 15) is 13.2 Å². The zero-order valence-corrected chi connectivity index (χ0v) is 14.3. The first-order valence-corrected chi connectivity index (χ1v) is 8.87. The van der Waals surface area contributed by atoms with Crippen molar-refractivity contribution in [2.75, 3.05) is 11.3 Å². The lowest BCUT2D eigenvalue weighted by molar-refractivity contribution is 0.0955. The van der Waals surface area contributed by atoms with Crippen LogP contribution in [0.15, 0.2) is 47.4 Å². The summed E-state index contributed by atoms with van der Waals surface area (Å²) in [5.41, 5.74) is 1.45. The highest BCUT2D eigenvalue weighted by molar-refractivity contribution is 7.92. The maximum atomic E-state index is 12.5. The average molecular weight is 353 g/mol. The lowest BCUT2D eigenvalue weighted by Gasteiger charge is -2.11. The molecule has 1 amide bonds. The average Bonchev–Trinajstić information content (AvgIpc) is 2.50. The Labute approximate surface area is 140 Å². The van der Waals surface area contributed by atoms with E-state index in [1.165, 1.54) is 12.1 Å². The maximum absolute atomic E-state index is 12.5. The Morgan fingerprint density at radius 1 is 1.13 bits per heavy atom. The van der Waals surface area contributed by atoms with Gasteiger partial charge in [-0.25, -0.2) is 8.42 Å². The fraction of sp³-hybridized carbons (Fsp3) is 0.188. The minimum atomic E-state index is -3.79. The van der Waals surface area contributed by atoms with Crippen molar-refractivity contribution in [3.8, 4) is 0 Å². The largest absolute Gasteiger partial charge is 0.352 e. The van der Waals surface area contributed by atoms with Crippen LogP contribution >= 0.6 is 11.6 Å². The van der Waals surface area contributed by atoms with Crippen LogP contribution in [0.25, 0.3) is 0 Å². The second-order valence-corrected chi connectivity index (χ2v) is 7.07. The molecule has 0 aliphatic heterocycles. The van der Waals surface area contributed by atoms with Crippen molar-refractivity contribution in [1.29, 1.82) is 0 Å². The number of rotatable bonds is 5. The Kier molecular flexibility index (Phi) is 5.28. The molecule has 2 N–H and O–H groups in total. The summed E-state index contributed by atoms with van der Waals surface area (Å²) >= 11 is 5.78. The summed E-state index contributed by atoms with van der Waals surface area (Å²) in [7, 11) is -3.79. The number of amides is 1. The van der Waals surface area contributed by atoms with Gasteiger partial charge in [0.25, 0.3) is 15.9 Å². The van der Waals surface area contributed by atoms with Crippen molar-refractivity contribution in [2.24, 2.45) is 0 Å². The minimum absolute atomic E-state index is 0.0271. The molecule has 2 aromatic carbocycles. The van der Waals surface area contributed by atoms with Gasteiger partial charge in [0.2, 0.25) is 0 Å². The number of carbonyl (C=O) groups is 1. The van der Waals surface area contributed by atoms with Gasteiger partial charge in [0.1, 0.15) is 0 Å². The van der Waals surface area contributed by atoms with E-state index >= 15 is 0 Å². The molecule has 7 heteroatoms. The number of sulfonamides is 1. The van der Waals surface area contributed by atoms with Gasteiger partial charge in [0.15, 0.2) is 0 Å². The van der Waals surface area contributed by atoms with Gasteiger partial charge in [0, 0.05) is 22.8 Å². The lowest BCUT2D eigenvalue weighted by Crippen LogP contribution is -2.24. The van der Waals surface area contributed by atoms with Crippen LogP contribution < -0.4 is 10.0 Å². The molecule has 2 rings (SSSR count). The summed E-state index contributed by atoms with van der Waals surface area (Å²) in [6, 6.07) is 10.8. The summed E-state index contributed by atoms with van der Waals surface area (Å²) < 4.78 is 27.4. The van der Waals surface area contributed by atoms with E-state index in [1.807, 2.05) is 0 Å². The standard InChI is InChI=1S/C16H17ClN2O3S/c1-3-18-16(20)15-10-14(9-4-11(15)2)23(21,22)19-13-7-5-12(17)6-8-13/h4-10,19H,3H2,1-2H3,(H,18,20). The molecule has 0 heterocycles. The Morgan fingerprint density at radius 3 is 2.39 bits per heavy atom. The van der Waals surface area contributed by atoms with Crippen molar-refractivity contribution >= 4 is 33.2 Å². The smallest absolute Gasteiger partial charge is 0.261 e. The number of aryl methyl sites for hydroxylation is 1. The summed E-state index contributed by atoms with van der Waals surface area (Å²) in [6.07, 6.45) is 0. The molecule has 5 nitrogen and oxygen atoms in total. The fourth-order valence-electron chi connectivity index (χ4n) is 2.00. The van der Waals surface area contributed by atoms with Gasteiger partial charge < -0.3 is 5.32 Å². The fourth-order valence-corrected chi connectivity index (χ4v) is 3.21. The first-order chi connectivity index (χ1) is 10.8. The van der Waals surface area contributed by atoms with Gasteiger partial charge in [0.05, 0.1) is 4.90 Å². The van der Waals surface area contributed by atoms with Crippen LogP contribution in [0.4, 0.5) is 5.69 Å². The van der Waals surface area contributed by atoms with E-state index in [0.29, 0.717) is 28.4 Å². The van der Waals surface area contributed by atoms with Crippen molar-refractivity contribution in [1.82, 2.24) is 5.32 Å². The first-order valence-electron chi connectivity index (χ1n) is 7.00. The number of anilines is 1. The summed E-state index contributed by atoms with van der Waals surface area (Å²) in [5, 5.41) is 3.18. The molecule has 0 saturated heterocycles. The Balaban J connectivity index is 2.34. The third-order valence-corrected chi connectivity index (χ3v) is 4.83. The Morgan fingerprint density at radius 2 is 1.78 bits per heavy atom. The molecule has 0 bridgehead atoms. The Bertz CT molecular complexity index is 818. The van der Waals surface area contributed by atoms with Crippen LogP contribution in [0.1, 0.15) is 22.8 Å². The number of halogens is 1. The second-order valence-electron chi connectivity index (χ2n) is 4.95. The zero-order valence-electron chi connectivity index (χ0n) is 12.8. The normalized spacial score (nSPS) is 11.1. The number of benzene rings is 2. The van der Waals surface area contributed by atoms with Crippen LogP contribution in [0, 0.1) is 6.92 Å². The second kappa shape index (κ2) is 7.02. The number of hydrogen-bond acceptors (Lipinski definition) is 3. The van der Waals surface area contributed by atoms with Crippen LogP contribution in [0.3, 0.4) is 0 Å². The summed E-state index contributed by atoms with van der Waals surface area (Å²) in [6.45, 7) is 4.03. The molecule has 0 fully saturated rings. The van der Waals surface area contributed by atoms with E-state index in [-0.39, 0.29) is 10.8 Å². The van der Waals surface area contributed by atoms with Crippen molar-refractivity contribution in [2.45, 2.75) is 18.7 Å². The van der Waals surface area contributed by atoms with Gasteiger partial charge in [-0.2, -0.15) is 0 Å². The molecule has 0 spiro atoms. The molecule has 2 aromatic rings. The van der Waals surface area contributed by atoms with Gasteiger partial charge in [-0.05, 0) is 55.8 Å². The number of hydrogen-bond donors (Lipinski definition) is 2. The van der Waals surface area contributed by atoms with Crippen LogP contribution in [-0.4, -0.2) is 20.9 Å². The van der Waals surface area contributed by atoms with Gasteiger partial charge in [-0.3, -0.25) is 9.52 Å². The van der Waals surface area contributed by atoms with Crippen molar-refractivity contribution in [3.05, 3.63) is 58.6 Å². The van der Waals surface area contributed by atoms with Gasteiger partial charge >= 0.3 is 0 Å². The van der Waals surface area contributed by atoms with Crippen molar-refractivity contribution in [3.63, 3.8) is 0 Å². The highest BCUT2D eigenvalue weighted by Crippen LogP contribution is 2.20. The number of carbonyl (C=O) groups excluding carboxylic acids is 1. The molecule has 0 unspecified atom stereocenters. The van der Waals surface area contributed by atoms with Gasteiger partial charge in [-0.1, -0.05) is 17.7 Å². The molecule has 0 aromatic heterocycles. The molecule has 23 heavy (non-hydrogen) atoms. The highest BCUT2D eigenvalue weighted by Gasteiger charge is 2.18. The lowest BCUT2D eigenvalue weighted by atomic mass is 10.1. The van der Waals surface area contributed by atoms with Gasteiger partial charge in [-0.15, -0.1) is 0 Å². The SMILES string of the molecule is CCNC(=O)c1cc(S(=O)(=O)Nc2ccc(Cl)cc2)ccc1C. The maximum Gasteiger partial charge on any atom is 0.261 e. The topological polar surface area (TPSA) is 75.3 Å². The molecular formula is C16H17ClN2O3S. The molecular weight excluding hydrogens is 336 g/mol. The van der Waals surface area contributed by atoms with Crippen LogP contribution in [0.5, 0.6) is 0 Å². The highest BCUT2D eigenvalue weighted by atomic mass is 35.5. The quantitative estimate of drug-likeness (QED) is 0.867. The first kappa shape index (κ1) is 17.3. The monoisotopic (exact) mass is 352 g/mol. The zero-order chi connectivity index (χ0) is 17.0. The minimum Gasteiger partial charge on any atom is -0.352 e. The predicted octanol–water partition coefficient (Wildman–Crippen LogP) is 3.20. The molecule has 0 aliphatic carbocycles. The van der Waals surface area contributed by atoms with Crippen LogP contribution in [-0.2, 0) is 10.0 Å². The summed E-state index contributed by atoms with van der Waals surface area (Å²) in [5.74, 6) is -0.298. The third kappa shape index (κ3) is 4.24. The predicted molar refractivity (Wildman–Crippen MR) is 91.4 cm³/mol. The molecule has 0 aliphatic rings. The van der Waals surface area contributed by atoms with E-state index in [1.54, 1.807) is 44.2 Å². The molecule has 0 atom stereocenters. The third-order valence-electron chi connectivity index (χ3n) is 3.20.